The fourth-order valence-corrected chi connectivity index (χ4v) is 3.84. The molecule has 0 N–H and O–H groups in total. The molecule has 0 aliphatic rings. The molecule has 0 unspecified atom stereocenters. The van der Waals surface area contributed by atoms with Crippen molar-refractivity contribution >= 4 is 44.8 Å². The predicted octanol–water partition coefficient (Wildman–Crippen LogP) is 6.44. The molecule has 0 aromatic carbocycles. The topological polar surface area (TPSA) is 0 Å². The van der Waals surface area contributed by atoms with E-state index in [9.17, 15) is 0 Å². The monoisotopic (exact) mass is 346 g/mol. The van der Waals surface area contributed by atoms with Gasteiger partial charge in [0, 0.05) is 5.33 Å². The Labute approximate surface area is 120 Å². The first-order chi connectivity index (χ1) is 7.56. The molecule has 0 bridgehead atoms. The van der Waals surface area contributed by atoms with Crippen LogP contribution in [0.25, 0.3) is 0 Å². The lowest BCUT2D eigenvalue weighted by Crippen LogP contribution is -2.11. The van der Waals surface area contributed by atoms with Gasteiger partial charge >= 0.3 is 0 Å². The molecule has 0 spiro atoms. The normalized spacial score (nSPS) is 12.0. The Morgan fingerprint density at radius 3 is 1.50 bits per heavy atom. The van der Waals surface area contributed by atoms with Gasteiger partial charge in [-0.25, -0.2) is 0 Å². The molecule has 0 aromatic rings. The van der Waals surface area contributed by atoms with Crippen LogP contribution in [-0.4, -0.2) is 12.0 Å². The zero-order chi connectivity index (χ0) is 12.3. The van der Waals surface area contributed by atoms with Crippen LogP contribution in [0, 0.1) is 0 Å². The van der Waals surface area contributed by atoms with E-state index in [1.807, 2.05) is 6.55 Å². The van der Waals surface area contributed by atoms with Crippen molar-refractivity contribution in [2.75, 3.05) is 5.33 Å². The molecule has 0 saturated carbocycles. The van der Waals surface area contributed by atoms with Gasteiger partial charge in [0.2, 0.25) is 6.69 Å². The Kier molecular flexibility index (Phi) is 12.3. The van der Waals surface area contributed by atoms with Crippen LogP contribution in [0.15, 0.2) is 0 Å². The zero-order valence-electron chi connectivity index (χ0n) is 10.4. The average molecular weight is 348 g/mol. The number of halogens is 3. The summed E-state index contributed by atoms with van der Waals surface area (Å²) in [6, 6.07) is 1.06. The summed E-state index contributed by atoms with van der Waals surface area (Å²) in [5.41, 5.74) is 0. The van der Waals surface area contributed by atoms with Crippen LogP contribution < -0.4 is 0 Å². The Morgan fingerprint density at radius 2 is 1.12 bits per heavy atom. The summed E-state index contributed by atoms with van der Waals surface area (Å²) in [6.07, 6.45) is 12.2. The predicted molar refractivity (Wildman–Crippen MR) is 83.5 cm³/mol. The van der Waals surface area contributed by atoms with Gasteiger partial charge in [0.25, 0.3) is 0 Å². The third-order valence-corrected chi connectivity index (χ3v) is 5.68. The van der Waals surface area contributed by atoms with Crippen LogP contribution in [0.3, 0.4) is 0 Å². The minimum atomic E-state index is -1.81. The van der Waals surface area contributed by atoms with E-state index < -0.39 is 6.69 Å². The molecule has 4 heteroatoms. The fraction of sp³-hybridized carbons (Fsp3) is 1.00. The molecule has 0 rings (SSSR count). The van der Waals surface area contributed by atoms with Crippen molar-refractivity contribution in [2.45, 2.75) is 70.4 Å². The van der Waals surface area contributed by atoms with Gasteiger partial charge < -0.3 is 0 Å². The molecule has 0 radical (unpaired) electrons. The molecule has 0 aromatic heterocycles. The number of hydrogen-bond donors (Lipinski definition) is 0. The lowest BCUT2D eigenvalue weighted by atomic mass is 10.1. The van der Waals surface area contributed by atoms with E-state index in [1.54, 1.807) is 0 Å². The first kappa shape index (κ1) is 17.3. The molecule has 0 aliphatic carbocycles. The summed E-state index contributed by atoms with van der Waals surface area (Å²) >= 11 is 15.5. The summed E-state index contributed by atoms with van der Waals surface area (Å²) < 4.78 is 0. The van der Waals surface area contributed by atoms with Crippen LogP contribution in [0.1, 0.15) is 57.8 Å². The van der Waals surface area contributed by atoms with E-state index in [4.69, 9.17) is 22.2 Å². The highest BCUT2D eigenvalue weighted by atomic mass is 79.9. The Morgan fingerprint density at radius 1 is 0.750 bits per heavy atom. The highest BCUT2D eigenvalue weighted by Gasteiger charge is 2.19. The second-order valence-corrected chi connectivity index (χ2v) is 13.7. The van der Waals surface area contributed by atoms with Gasteiger partial charge in [0.1, 0.15) is 0 Å². The van der Waals surface area contributed by atoms with Crippen LogP contribution in [0.2, 0.25) is 12.6 Å². The number of hydrogen-bond acceptors (Lipinski definition) is 0. The minimum Gasteiger partial charge on any atom is -0.146 e. The van der Waals surface area contributed by atoms with Crippen molar-refractivity contribution in [1.82, 2.24) is 0 Å². The molecule has 0 heterocycles. The lowest BCUT2D eigenvalue weighted by Gasteiger charge is -2.09. The van der Waals surface area contributed by atoms with E-state index in [-0.39, 0.29) is 0 Å². The fourth-order valence-electron chi connectivity index (χ4n) is 1.77. The van der Waals surface area contributed by atoms with E-state index in [0.29, 0.717) is 0 Å². The highest BCUT2D eigenvalue weighted by Crippen LogP contribution is 2.23. The van der Waals surface area contributed by atoms with Gasteiger partial charge in [-0.15, -0.1) is 22.2 Å². The first-order valence-electron chi connectivity index (χ1n) is 6.50. The van der Waals surface area contributed by atoms with Gasteiger partial charge in [-0.2, -0.15) is 0 Å². The maximum absolute atomic E-state index is 6.04. The summed E-state index contributed by atoms with van der Waals surface area (Å²) in [5.74, 6) is 0. The van der Waals surface area contributed by atoms with Crippen molar-refractivity contribution in [2.24, 2.45) is 0 Å². The average Bonchev–Trinajstić information content (AvgIpc) is 2.19. The largest absolute Gasteiger partial charge is 0.248 e. The van der Waals surface area contributed by atoms with Crippen molar-refractivity contribution in [1.29, 1.82) is 0 Å². The Bertz CT molecular complexity index is 148. The van der Waals surface area contributed by atoms with Gasteiger partial charge in [0.05, 0.1) is 0 Å². The molecule has 0 fully saturated rings. The second kappa shape index (κ2) is 11.4. The summed E-state index contributed by atoms with van der Waals surface area (Å²) in [5, 5.41) is 1.16. The molecular formula is C12H25BrCl2Si. The number of unbranched alkanes of at least 4 members (excludes halogenated alkanes) is 8. The van der Waals surface area contributed by atoms with Crippen LogP contribution >= 0.6 is 38.1 Å². The molecule has 0 nitrogen and oxygen atoms in total. The van der Waals surface area contributed by atoms with Gasteiger partial charge in [0.15, 0.2) is 0 Å². The third kappa shape index (κ3) is 15.3. The molecule has 0 aliphatic heterocycles. The van der Waals surface area contributed by atoms with Gasteiger partial charge in [-0.05, 0) is 19.0 Å². The highest BCUT2D eigenvalue weighted by molar-refractivity contribution is 9.09. The SMILES string of the molecule is C[Si](Cl)(Cl)CCCCCCCCCCCBr. The third-order valence-electron chi connectivity index (χ3n) is 2.75. The summed E-state index contributed by atoms with van der Waals surface area (Å²) in [4.78, 5) is 0. The number of alkyl halides is 1. The van der Waals surface area contributed by atoms with Crippen LogP contribution in [0.4, 0.5) is 0 Å². The quantitative estimate of drug-likeness (QED) is 0.174. The maximum atomic E-state index is 6.04. The van der Waals surface area contributed by atoms with Crippen LogP contribution in [-0.2, 0) is 0 Å². The molecule has 0 saturated heterocycles. The maximum Gasteiger partial charge on any atom is 0.248 e. The first-order valence-corrected chi connectivity index (χ1v) is 12.4. The minimum absolute atomic E-state index is 1.06. The zero-order valence-corrected chi connectivity index (χ0v) is 14.5. The van der Waals surface area contributed by atoms with E-state index in [2.05, 4.69) is 15.9 Å². The van der Waals surface area contributed by atoms with Gasteiger partial charge in [-0.1, -0.05) is 67.3 Å². The molecular weight excluding hydrogens is 323 g/mol. The van der Waals surface area contributed by atoms with Crippen molar-refractivity contribution in [3.05, 3.63) is 0 Å². The van der Waals surface area contributed by atoms with E-state index in [0.717, 1.165) is 11.4 Å². The number of rotatable bonds is 11. The van der Waals surface area contributed by atoms with Crippen molar-refractivity contribution in [3.63, 3.8) is 0 Å². The molecule has 0 atom stereocenters. The summed E-state index contributed by atoms with van der Waals surface area (Å²) in [7, 11) is 0. The standard InChI is InChI=1S/C12H25BrCl2Si/c1-16(14,15)12-10-8-6-4-2-3-5-7-9-11-13/h2-12H2,1H3. The van der Waals surface area contributed by atoms with E-state index in [1.165, 1.54) is 57.8 Å². The van der Waals surface area contributed by atoms with E-state index >= 15 is 0 Å². The van der Waals surface area contributed by atoms with Crippen molar-refractivity contribution in [3.8, 4) is 0 Å². The molecule has 0 amide bonds. The van der Waals surface area contributed by atoms with Gasteiger partial charge in [-0.3, -0.25) is 0 Å². The van der Waals surface area contributed by atoms with Crippen LogP contribution in [0.5, 0.6) is 0 Å². The molecule has 98 valence electrons. The Hall–Kier alpha value is 1.28. The van der Waals surface area contributed by atoms with Crippen molar-refractivity contribution < 1.29 is 0 Å². The Balaban J connectivity index is 2.99. The second-order valence-electron chi connectivity index (χ2n) is 4.69. The summed E-state index contributed by atoms with van der Waals surface area (Å²) in [6.45, 7) is 0.206. The smallest absolute Gasteiger partial charge is 0.146 e. The molecule has 16 heavy (non-hydrogen) atoms. The lowest BCUT2D eigenvalue weighted by molar-refractivity contribution is 0.573.